The molecule has 0 fully saturated rings. The average molecular weight is 381 g/mol. The van der Waals surface area contributed by atoms with Crippen LogP contribution in [-0.4, -0.2) is 33.5 Å². The van der Waals surface area contributed by atoms with E-state index >= 15 is 0 Å². The lowest BCUT2D eigenvalue weighted by Gasteiger charge is -2.28. The van der Waals surface area contributed by atoms with E-state index in [2.05, 4.69) is 43.9 Å². The number of nitrogens with one attached hydrogen (secondary N) is 1. The largest absolute Gasteiger partial charge is 0.478 e. The molecule has 0 saturated carbocycles. The molecule has 4 N–H and O–H groups in total. The summed E-state index contributed by atoms with van der Waals surface area (Å²) >= 11 is 0. The standard InChI is InChI=1S/C12H13NO3.C6H19NSi2/c1-8(9-5-3-2-4-6-9)10(12(15)16)7-11(13)14;1-8(2,3)7-9(4,5)6/h2-8H,1H3,(H2,13,14)(H,15,16);7H,1-6H3/b10-7-;/t8-;/m0./s1. The number of hydrogen-bond acceptors (Lipinski definition) is 3. The zero-order chi connectivity index (χ0) is 19.8. The Hall–Kier alpha value is -1.71. The highest BCUT2D eigenvalue weighted by Gasteiger charge is 2.22. The first-order valence-electron chi connectivity index (χ1n) is 8.31. The van der Waals surface area contributed by atoms with Gasteiger partial charge in [-0.3, -0.25) is 4.79 Å². The fourth-order valence-electron chi connectivity index (χ4n) is 2.57. The van der Waals surface area contributed by atoms with Gasteiger partial charge < -0.3 is 15.5 Å². The molecule has 0 aliphatic carbocycles. The molecule has 1 rings (SSSR count). The van der Waals surface area contributed by atoms with E-state index in [4.69, 9.17) is 10.8 Å². The minimum atomic E-state index is -1.13. The molecule has 25 heavy (non-hydrogen) atoms. The Kier molecular flexibility index (Phi) is 9.03. The molecule has 0 aliphatic rings. The number of aliphatic carboxylic acids is 1. The quantitative estimate of drug-likeness (QED) is 0.520. The summed E-state index contributed by atoms with van der Waals surface area (Å²) in [5.41, 5.74) is 5.80. The second-order valence-electron chi connectivity index (χ2n) is 8.06. The maximum absolute atomic E-state index is 11.0. The van der Waals surface area contributed by atoms with E-state index in [0.29, 0.717) is 0 Å². The van der Waals surface area contributed by atoms with Gasteiger partial charge >= 0.3 is 5.97 Å². The van der Waals surface area contributed by atoms with Crippen molar-refractivity contribution in [3.63, 3.8) is 0 Å². The minimum Gasteiger partial charge on any atom is -0.478 e. The molecule has 0 unspecified atom stereocenters. The van der Waals surface area contributed by atoms with Gasteiger partial charge in [0, 0.05) is 17.6 Å². The third kappa shape index (κ3) is 11.5. The summed E-state index contributed by atoms with van der Waals surface area (Å²) in [4.78, 5) is 21.7. The van der Waals surface area contributed by atoms with Crippen LogP contribution in [0.25, 0.3) is 0 Å². The van der Waals surface area contributed by atoms with E-state index < -0.39 is 28.3 Å². The number of carbonyl (C=O) groups is 2. The second-order valence-corrected chi connectivity index (χ2v) is 18.1. The highest BCUT2D eigenvalue weighted by atomic mass is 28.4. The second kappa shape index (κ2) is 9.69. The predicted octanol–water partition coefficient (Wildman–Crippen LogP) is 3.53. The Morgan fingerprint density at radius 2 is 1.48 bits per heavy atom. The molecule has 140 valence electrons. The number of carboxylic acids is 1. The van der Waals surface area contributed by atoms with Crippen LogP contribution in [0.1, 0.15) is 18.4 Å². The summed E-state index contributed by atoms with van der Waals surface area (Å²) in [6.07, 6.45) is 0.958. The lowest BCUT2D eigenvalue weighted by Crippen LogP contribution is -2.55. The first-order chi connectivity index (χ1) is 11.2. The lowest BCUT2D eigenvalue weighted by atomic mass is 9.92. The van der Waals surface area contributed by atoms with Gasteiger partial charge in [0.15, 0.2) is 0 Å². The van der Waals surface area contributed by atoms with Crippen LogP contribution in [0.15, 0.2) is 42.0 Å². The Bertz CT molecular complexity index is 591. The molecular formula is C18H32N2O3Si2. The van der Waals surface area contributed by atoms with Crippen molar-refractivity contribution >= 4 is 28.3 Å². The molecule has 5 nitrogen and oxygen atoms in total. The van der Waals surface area contributed by atoms with Gasteiger partial charge in [-0.2, -0.15) is 0 Å². The van der Waals surface area contributed by atoms with Crippen LogP contribution in [0.3, 0.4) is 0 Å². The predicted molar refractivity (Wildman–Crippen MR) is 110 cm³/mol. The zero-order valence-corrected chi connectivity index (χ0v) is 18.4. The molecular weight excluding hydrogens is 348 g/mol. The number of rotatable bonds is 6. The monoisotopic (exact) mass is 380 g/mol. The summed E-state index contributed by atoms with van der Waals surface area (Å²) in [7, 11) is -1.96. The average Bonchev–Trinajstić information content (AvgIpc) is 2.41. The first kappa shape index (κ1) is 23.3. The van der Waals surface area contributed by atoms with Crippen molar-refractivity contribution in [2.24, 2.45) is 5.73 Å². The summed E-state index contributed by atoms with van der Waals surface area (Å²) in [6.45, 7) is 15.8. The Labute approximate surface area is 153 Å². The number of hydrogen-bond donors (Lipinski definition) is 3. The van der Waals surface area contributed by atoms with Gasteiger partial charge in [-0.15, -0.1) is 0 Å². The molecule has 0 saturated heterocycles. The molecule has 1 atom stereocenters. The lowest BCUT2D eigenvalue weighted by molar-refractivity contribution is -0.133. The van der Waals surface area contributed by atoms with Crippen molar-refractivity contribution in [1.82, 2.24) is 4.65 Å². The maximum Gasteiger partial charge on any atom is 0.332 e. The van der Waals surface area contributed by atoms with Crippen LogP contribution in [0.4, 0.5) is 0 Å². The van der Waals surface area contributed by atoms with Crippen molar-refractivity contribution in [3.8, 4) is 0 Å². The highest BCUT2D eigenvalue weighted by molar-refractivity contribution is 6.90. The van der Waals surface area contributed by atoms with Gasteiger partial charge in [0.1, 0.15) is 16.5 Å². The number of carboxylic acid groups (broad SMARTS) is 1. The molecule has 0 aliphatic heterocycles. The molecule has 1 aromatic carbocycles. The van der Waals surface area contributed by atoms with Crippen molar-refractivity contribution in [2.45, 2.75) is 52.1 Å². The molecule has 7 heteroatoms. The van der Waals surface area contributed by atoms with E-state index in [1.54, 1.807) is 6.92 Å². The van der Waals surface area contributed by atoms with Crippen LogP contribution >= 0.6 is 0 Å². The van der Waals surface area contributed by atoms with Crippen LogP contribution in [0, 0.1) is 0 Å². The number of amides is 1. The number of carbonyl (C=O) groups excluding carboxylic acids is 1. The number of benzene rings is 1. The smallest absolute Gasteiger partial charge is 0.332 e. The fraction of sp³-hybridized carbons (Fsp3) is 0.444. The van der Waals surface area contributed by atoms with E-state index in [1.165, 1.54) is 0 Å². The molecule has 1 amide bonds. The fourth-order valence-corrected chi connectivity index (χ4v) is 11.6. The highest BCUT2D eigenvalue weighted by Crippen LogP contribution is 2.23. The van der Waals surface area contributed by atoms with Crippen molar-refractivity contribution in [3.05, 3.63) is 47.5 Å². The zero-order valence-electron chi connectivity index (χ0n) is 16.4. The normalized spacial score (nSPS) is 13.5. The van der Waals surface area contributed by atoms with Crippen molar-refractivity contribution < 1.29 is 14.7 Å². The van der Waals surface area contributed by atoms with Gasteiger partial charge in [-0.25, -0.2) is 4.79 Å². The SMILES string of the molecule is C[C@H](/C(=C/C(N)=O)C(=O)O)c1ccccc1.C[Si](C)(C)N[Si](C)(C)C. The maximum atomic E-state index is 11.0. The minimum absolute atomic E-state index is 0.00120. The summed E-state index contributed by atoms with van der Waals surface area (Å²) in [6, 6.07) is 9.09. The third-order valence-corrected chi connectivity index (χ3v) is 9.06. The van der Waals surface area contributed by atoms with Crippen LogP contribution in [-0.2, 0) is 9.59 Å². The van der Waals surface area contributed by atoms with Gasteiger partial charge in [0.25, 0.3) is 0 Å². The summed E-state index contributed by atoms with van der Waals surface area (Å²) in [5.74, 6) is -2.25. The third-order valence-electron chi connectivity index (χ3n) is 3.06. The van der Waals surface area contributed by atoms with E-state index in [-0.39, 0.29) is 11.5 Å². The van der Waals surface area contributed by atoms with E-state index in [1.807, 2.05) is 30.3 Å². The molecule has 1 aromatic rings. The van der Waals surface area contributed by atoms with Crippen LogP contribution < -0.4 is 10.4 Å². The van der Waals surface area contributed by atoms with Crippen LogP contribution in [0.5, 0.6) is 0 Å². The van der Waals surface area contributed by atoms with Crippen molar-refractivity contribution in [2.75, 3.05) is 0 Å². The Morgan fingerprint density at radius 1 is 1.04 bits per heavy atom. The Morgan fingerprint density at radius 3 is 1.76 bits per heavy atom. The van der Waals surface area contributed by atoms with E-state index in [0.717, 1.165) is 11.6 Å². The van der Waals surface area contributed by atoms with Crippen LogP contribution in [0.2, 0.25) is 39.3 Å². The number of nitrogens with two attached hydrogens (primary N) is 1. The molecule has 0 bridgehead atoms. The summed E-state index contributed by atoms with van der Waals surface area (Å²) < 4.78 is 3.74. The number of primary amides is 1. The molecule has 0 radical (unpaired) electrons. The topological polar surface area (TPSA) is 92.4 Å². The van der Waals surface area contributed by atoms with Gasteiger partial charge in [0.2, 0.25) is 5.91 Å². The molecule has 0 spiro atoms. The summed E-state index contributed by atoms with van der Waals surface area (Å²) in [5, 5.41) is 8.98. The van der Waals surface area contributed by atoms with Gasteiger partial charge in [0.05, 0.1) is 0 Å². The first-order valence-corrected chi connectivity index (χ1v) is 15.3. The molecule has 0 aromatic heterocycles. The van der Waals surface area contributed by atoms with Gasteiger partial charge in [-0.05, 0) is 5.56 Å². The molecule has 0 heterocycles. The van der Waals surface area contributed by atoms with E-state index in [9.17, 15) is 9.59 Å². The van der Waals surface area contributed by atoms with Crippen molar-refractivity contribution in [1.29, 1.82) is 0 Å². The Balaban J connectivity index is 0.000000547. The van der Waals surface area contributed by atoms with Gasteiger partial charge in [-0.1, -0.05) is 76.5 Å².